The average molecular weight is 338 g/mol. The van der Waals surface area contributed by atoms with Gasteiger partial charge in [0.25, 0.3) is 0 Å². The molecule has 0 spiro atoms. The summed E-state index contributed by atoms with van der Waals surface area (Å²) >= 11 is 0. The van der Waals surface area contributed by atoms with Crippen molar-refractivity contribution in [1.29, 1.82) is 0 Å². The normalized spacial score (nSPS) is 11.2. The maximum atomic E-state index is 13.7. The number of ketones is 1. The minimum absolute atomic E-state index is 0.0270. The van der Waals surface area contributed by atoms with E-state index in [-0.39, 0.29) is 11.3 Å². The first-order valence-corrected chi connectivity index (χ1v) is 7.76. The van der Waals surface area contributed by atoms with E-state index >= 15 is 0 Å². The van der Waals surface area contributed by atoms with Gasteiger partial charge in [0.05, 0.1) is 22.6 Å². The Kier molecular flexibility index (Phi) is 4.57. The first kappa shape index (κ1) is 16.8. The lowest BCUT2D eigenvalue weighted by atomic mass is 10.1. The second-order valence-corrected chi connectivity index (χ2v) is 5.66. The molecule has 0 aliphatic carbocycles. The molecule has 0 saturated carbocycles. The van der Waals surface area contributed by atoms with E-state index in [0.29, 0.717) is 17.0 Å². The van der Waals surface area contributed by atoms with E-state index in [0.717, 1.165) is 23.9 Å². The van der Waals surface area contributed by atoms with Gasteiger partial charge in [-0.1, -0.05) is 18.2 Å². The van der Waals surface area contributed by atoms with Gasteiger partial charge in [-0.15, -0.1) is 0 Å². The van der Waals surface area contributed by atoms with Gasteiger partial charge in [-0.25, -0.2) is 13.5 Å². The van der Waals surface area contributed by atoms with Crippen molar-refractivity contribution in [1.82, 2.24) is 9.78 Å². The molecular formula is C20H16F2N2O. The van der Waals surface area contributed by atoms with Gasteiger partial charge < -0.3 is 0 Å². The largest absolute Gasteiger partial charge is 0.289 e. The molecule has 126 valence electrons. The summed E-state index contributed by atoms with van der Waals surface area (Å²) in [5.41, 5.74) is 2.60. The Hall–Kier alpha value is -3.08. The van der Waals surface area contributed by atoms with Crippen LogP contribution in [0.2, 0.25) is 0 Å². The van der Waals surface area contributed by atoms with Gasteiger partial charge >= 0.3 is 0 Å². The van der Waals surface area contributed by atoms with Crippen molar-refractivity contribution in [3.8, 4) is 5.69 Å². The molecule has 5 heteroatoms. The number of benzene rings is 2. The summed E-state index contributed by atoms with van der Waals surface area (Å²) in [6.45, 7) is 3.55. The Morgan fingerprint density at radius 2 is 1.80 bits per heavy atom. The van der Waals surface area contributed by atoms with Crippen molar-refractivity contribution in [2.24, 2.45) is 0 Å². The molecule has 0 atom stereocenters. The number of nitrogens with zero attached hydrogens (tertiary/aromatic N) is 2. The predicted octanol–water partition coefficient (Wildman–Crippen LogP) is 4.66. The molecule has 0 radical (unpaired) electrons. The summed E-state index contributed by atoms with van der Waals surface area (Å²) in [5.74, 6) is -1.45. The highest BCUT2D eigenvalue weighted by Crippen LogP contribution is 2.19. The predicted molar refractivity (Wildman–Crippen MR) is 92.8 cm³/mol. The third-order valence-corrected chi connectivity index (χ3v) is 3.91. The fraction of sp³-hybridized carbons (Fsp3) is 0.100. The molecule has 3 aromatic rings. The van der Waals surface area contributed by atoms with Crippen LogP contribution in [0.3, 0.4) is 0 Å². The molecular weight excluding hydrogens is 322 g/mol. The van der Waals surface area contributed by atoms with Crippen LogP contribution in [0.5, 0.6) is 0 Å². The molecule has 0 aliphatic rings. The van der Waals surface area contributed by atoms with Gasteiger partial charge in [-0.05, 0) is 56.3 Å². The van der Waals surface area contributed by atoms with Crippen LogP contribution in [-0.2, 0) is 0 Å². The Morgan fingerprint density at radius 3 is 2.52 bits per heavy atom. The number of rotatable bonds is 4. The number of hydrogen-bond donors (Lipinski definition) is 0. The Labute approximate surface area is 144 Å². The quantitative estimate of drug-likeness (QED) is 0.512. The third-order valence-electron chi connectivity index (χ3n) is 3.91. The number of hydrogen-bond acceptors (Lipinski definition) is 2. The van der Waals surface area contributed by atoms with Crippen LogP contribution >= 0.6 is 0 Å². The van der Waals surface area contributed by atoms with Crippen LogP contribution in [0, 0.1) is 25.5 Å². The molecule has 25 heavy (non-hydrogen) atoms. The lowest BCUT2D eigenvalue weighted by Crippen LogP contribution is -2.01. The van der Waals surface area contributed by atoms with Gasteiger partial charge in [-0.3, -0.25) is 4.79 Å². The molecule has 0 unspecified atom stereocenters. The summed E-state index contributed by atoms with van der Waals surface area (Å²) < 4.78 is 28.6. The summed E-state index contributed by atoms with van der Waals surface area (Å²) in [4.78, 5) is 12.5. The summed E-state index contributed by atoms with van der Waals surface area (Å²) in [7, 11) is 0. The van der Waals surface area contributed by atoms with E-state index in [1.54, 1.807) is 18.5 Å². The van der Waals surface area contributed by atoms with Crippen molar-refractivity contribution < 1.29 is 13.6 Å². The van der Waals surface area contributed by atoms with Gasteiger partial charge in [0.2, 0.25) is 0 Å². The number of carbonyl (C=O) groups is 1. The molecule has 0 N–H and O–H groups in total. The van der Waals surface area contributed by atoms with E-state index < -0.39 is 11.6 Å². The SMILES string of the molecule is Cc1nn(-c2ccccc2)c(C)c1C(=O)/C=C/c1cc(F)ccc1F. The second-order valence-electron chi connectivity index (χ2n) is 5.66. The molecule has 0 amide bonds. The van der Waals surface area contributed by atoms with Crippen LogP contribution in [0.15, 0.2) is 54.6 Å². The maximum absolute atomic E-state index is 13.7. The Bertz CT molecular complexity index is 959. The minimum atomic E-state index is -0.584. The first-order chi connectivity index (χ1) is 12.0. The van der Waals surface area contributed by atoms with Crippen LogP contribution < -0.4 is 0 Å². The van der Waals surface area contributed by atoms with Crippen molar-refractivity contribution in [3.63, 3.8) is 0 Å². The Balaban J connectivity index is 1.94. The van der Waals surface area contributed by atoms with Crippen LogP contribution in [-0.4, -0.2) is 15.6 Å². The summed E-state index contributed by atoms with van der Waals surface area (Å²) in [5, 5.41) is 4.42. The minimum Gasteiger partial charge on any atom is -0.289 e. The highest BCUT2D eigenvalue weighted by atomic mass is 19.1. The molecule has 3 nitrogen and oxygen atoms in total. The van der Waals surface area contributed by atoms with Gasteiger partial charge in [0.1, 0.15) is 11.6 Å². The fourth-order valence-electron chi connectivity index (χ4n) is 2.71. The summed E-state index contributed by atoms with van der Waals surface area (Å²) in [6.07, 6.45) is 2.52. The van der Waals surface area contributed by atoms with E-state index in [4.69, 9.17) is 0 Å². The van der Waals surface area contributed by atoms with Crippen molar-refractivity contribution in [2.45, 2.75) is 13.8 Å². The van der Waals surface area contributed by atoms with Crippen molar-refractivity contribution in [2.75, 3.05) is 0 Å². The number of carbonyl (C=O) groups excluding carboxylic acids is 1. The van der Waals surface area contributed by atoms with Crippen molar-refractivity contribution in [3.05, 3.63) is 88.8 Å². The molecule has 1 aromatic heterocycles. The number of halogens is 2. The summed E-state index contributed by atoms with van der Waals surface area (Å²) in [6, 6.07) is 12.6. The van der Waals surface area contributed by atoms with E-state index in [9.17, 15) is 13.6 Å². The van der Waals surface area contributed by atoms with Crippen LogP contribution in [0.4, 0.5) is 8.78 Å². The second kappa shape index (κ2) is 6.81. The highest BCUT2D eigenvalue weighted by Gasteiger charge is 2.17. The van der Waals surface area contributed by atoms with Gasteiger partial charge in [0, 0.05) is 5.56 Å². The zero-order valence-electron chi connectivity index (χ0n) is 13.8. The maximum Gasteiger partial charge on any atom is 0.189 e. The number of allylic oxidation sites excluding steroid dienone is 1. The Morgan fingerprint density at radius 1 is 1.08 bits per heavy atom. The molecule has 0 fully saturated rings. The lowest BCUT2D eigenvalue weighted by Gasteiger charge is -2.04. The number of aromatic nitrogens is 2. The average Bonchev–Trinajstić information content (AvgIpc) is 2.91. The smallest absolute Gasteiger partial charge is 0.189 e. The molecule has 0 saturated heterocycles. The third kappa shape index (κ3) is 3.40. The van der Waals surface area contributed by atoms with E-state index in [2.05, 4.69) is 5.10 Å². The van der Waals surface area contributed by atoms with E-state index in [1.807, 2.05) is 30.3 Å². The molecule has 0 bridgehead atoms. The van der Waals surface area contributed by atoms with Gasteiger partial charge in [0.15, 0.2) is 5.78 Å². The standard InChI is InChI=1S/C20H16F2N2O/c1-13-20(14(2)24(23-13)17-6-4-3-5-7-17)19(25)11-8-15-12-16(21)9-10-18(15)22/h3-12H,1-2H3/b11-8+. The topological polar surface area (TPSA) is 34.9 Å². The zero-order valence-corrected chi connectivity index (χ0v) is 13.8. The lowest BCUT2D eigenvalue weighted by molar-refractivity contribution is 0.104. The van der Waals surface area contributed by atoms with Crippen LogP contribution in [0.1, 0.15) is 27.3 Å². The number of aryl methyl sites for hydroxylation is 1. The fourth-order valence-corrected chi connectivity index (χ4v) is 2.71. The highest BCUT2D eigenvalue weighted by molar-refractivity contribution is 6.08. The van der Waals surface area contributed by atoms with Gasteiger partial charge in [-0.2, -0.15) is 5.10 Å². The molecule has 3 rings (SSSR count). The van der Waals surface area contributed by atoms with Crippen LogP contribution in [0.25, 0.3) is 11.8 Å². The zero-order chi connectivity index (χ0) is 18.0. The first-order valence-electron chi connectivity index (χ1n) is 7.76. The molecule has 2 aromatic carbocycles. The molecule has 0 aliphatic heterocycles. The van der Waals surface area contributed by atoms with E-state index in [1.165, 1.54) is 12.2 Å². The monoisotopic (exact) mass is 338 g/mol. The molecule has 1 heterocycles. The van der Waals surface area contributed by atoms with Crippen molar-refractivity contribution >= 4 is 11.9 Å². The number of para-hydroxylation sites is 1.